The quantitative estimate of drug-likeness (QED) is 0.863. The van der Waals surface area contributed by atoms with Crippen molar-refractivity contribution in [2.24, 2.45) is 0 Å². The number of fused-ring (bicyclic) bond motifs is 1. The molecule has 1 unspecified atom stereocenters. The number of hydrogen-bond acceptors (Lipinski definition) is 3. The lowest BCUT2D eigenvalue weighted by Gasteiger charge is -2.13. The molecule has 4 nitrogen and oxygen atoms in total. The number of imidazole rings is 1. The number of nitrogens with one attached hydrogen (secondary N) is 1. The standard InChI is InChI=1S/C13H15BrN4/c1-3-5-10(4-2)15-6-11-7-17-13-8-16-12(14)9-18(11)13/h1,7-10,15H,4-6H2,2H3. The maximum atomic E-state index is 5.34. The van der Waals surface area contributed by atoms with Gasteiger partial charge in [-0.25, -0.2) is 9.97 Å². The molecule has 94 valence electrons. The highest BCUT2D eigenvalue weighted by Crippen LogP contribution is 2.11. The van der Waals surface area contributed by atoms with Gasteiger partial charge >= 0.3 is 0 Å². The van der Waals surface area contributed by atoms with Crippen LogP contribution in [0.15, 0.2) is 23.2 Å². The van der Waals surface area contributed by atoms with Crippen molar-refractivity contribution in [2.75, 3.05) is 0 Å². The van der Waals surface area contributed by atoms with Crippen LogP contribution in [0, 0.1) is 12.3 Å². The zero-order valence-electron chi connectivity index (χ0n) is 10.2. The Bertz CT molecular complexity index is 570. The largest absolute Gasteiger partial charge is 0.307 e. The molecule has 5 heteroatoms. The summed E-state index contributed by atoms with van der Waals surface area (Å²) in [6, 6.07) is 0.353. The van der Waals surface area contributed by atoms with Gasteiger partial charge in [-0.15, -0.1) is 12.3 Å². The predicted molar refractivity (Wildman–Crippen MR) is 75.1 cm³/mol. The van der Waals surface area contributed by atoms with Crippen LogP contribution >= 0.6 is 15.9 Å². The maximum absolute atomic E-state index is 5.34. The van der Waals surface area contributed by atoms with E-state index in [4.69, 9.17) is 6.42 Å². The van der Waals surface area contributed by atoms with E-state index in [1.165, 1.54) is 0 Å². The predicted octanol–water partition coefficient (Wildman–Crippen LogP) is 2.38. The van der Waals surface area contributed by atoms with Crippen molar-refractivity contribution in [1.82, 2.24) is 19.7 Å². The van der Waals surface area contributed by atoms with E-state index in [9.17, 15) is 0 Å². The fourth-order valence-corrected chi connectivity index (χ4v) is 2.11. The van der Waals surface area contributed by atoms with Crippen LogP contribution in [0.25, 0.3) is 5.65 Å². The molecule has 0 fully saturated rings. The molecule has 2 aromatic heterocycles. The van der Waals surface area contributed by atoms with E-state index in [-0.39, 0.29) is 0 Å². The average molecular weight is 307 g/mol. The number of terminal acetylenes is 1. The third-order valence-corrected chi connectivity index (χ3v) is 3.28. The summed E-state index contributed by atoms with van der Waals surface area (Å²) in [5, 5.41) is 3.45. The summed E-state index contributed by atoms with van der Waals surface area (Å²) in [6.07, 6.45) is 12.6. The minimum atomic E-state index is 0.353. The molecule has 1 atom stereocenters. The fraction of sp³-hybridized carbons (Fsp3) is 0.385. The Kier molecular flexibility index (Phi) is 4.34. The smallest absolute Gasteiger partial charge is 0.155 e. The number of hydrogen-bond donors (Lipinski definition) is 1. The molecule has 1 N–H and O–H groups in total. The average Bonchev–Trinajstić information content (AvgIpc) is 2.77. The Morgan fingerprint density at radius 2 is 2.33 bits per heavy atom. The molecule has 2 aromatic rings. The van der Waals surface area contributed by atoms with Crippen LogP contribution in [0.2, 0.25) is 0 Å². The highest BCUT2D eigenvalue weighted by Gasteiger charge is 2.07. The maximum Gasteiger partial charge on any atom is 0.155 e. The second kappa shape index (κ2) is 5.98. The van der Waals surface area contributed by atoms with Gasteiger partial charge in [0.25, 0.3) is 0 Å². The summed E-state index contributed by atoms with van der Waals surface area (Å²) >= 11 is 3.36. The van der Waals surface area contributed by atoms with E-state index in [1.54, 1.807) is 6.20 Å². The zero-order chi connectivity index (χ0) is 13.0. The topological polar surface area (TPSA) is 42.2 Å². The molecular weight excluding hydrogens is 292 g/mol. The van der Waals surface area contributed by atoms with Gasteiger partial charge in [-0.1, -0.05) is 6.92 Å². The van der Waals surface area contributed by atoms with Gasteiger partial charge in [0.05, 0.1) is 18.1 Å². The Hall–Kier alpha value is -1.38. The Morgan fingerprint density at radius 1 is 1.50 bits per heavy atom. The van der Waals surface area contributed by atoms with Crippen molar-refractivity contribution in [1.29, 1.82) is 0 Å². The molecule has 0 bridgehead atoms. The molecule has 2 rings (SSSR count). The second-order valence-electron chi connectivity index (χ2n) is 4.08. The summed E-state index contributed by atoms with van der Waals surface area (Å²) in [5.41, 5.74) is 1.95. The lowest BCUT2D eigenvalue weighted by atomic mass is 10.1. The summed E-state index contributed by atoms with van der Waals surface area (Å²) in [5.74, 6) is 2.69. The van der Waals surface area contributed by atoms with Gasteiger partial charge in [0.2, 0.25) is 0 Å². The third kappa shape index (κ3) is 2.89. The van der Waals surface area contributed by atoms with Crippen molar-refractivity contribution in [3.8, 4) is 12.3 Å². The molecule has 0 radical (unpaired) electrons. The normalized spacial score (nSPS) is 12.5. The molecule has 0 saturated heterocycles. The lowest BCUT2D eigenvalue weighted by Crippen LogP contribution is -2.27. The van der Waals surface area contributed by atoms with Gasteiger partial charge in [0.15, 0.2) is 5.65 Å². The number of rotatable bonds is 5. The Balaban J connectivity index is 2.12. The lowest BCUT2D eigenvalue weighted by molar-refractivity contribution is 0.501. The minimum absolute atomic E-state index is 0.353. The van der Waals surface area contributed by atoms with E-state index in [0.717, 1.165) is 35.3 Å². The molecule has 2 heterocycles. The highest BCUT2D eigenvalue weighted by molar-refractivity contribution is 9.10. The van der Waals surface area contributed by atoms with E-state index in [2.05, 4.69) is 44.1 Å². The summed E-state index contributed by atoms with van der Waals surface area (Å²) < 4.78 is 2.82. The van der Waals surface area contributed by atoms with E-state index < -0.39 is 0 Å². The van der Waals surface area contributed by atoms with Crippen molar-refractivity contribution < 1.29 is 0 Å². The third-order valence-electron chi connectivity index (χ3n) is 2.87. The minimum Gasteiger partial charge on any atom is -0.307 e. The highest BCUT2D eigenvalue weighted by atomic mass is 79.9. The first-order chi connectivity index (χ1) is 8.74. The molecule has 0 saturated carbocycles. The van der Waals surface area contributed by atoms with E-state index in [0.29, 0.717) is 6.04 Å². The Morgan fingerprint density at radius 3 is 3.06 bits per heavy atom. The molecule has 0 aliphatic rings. The van der Waals surface area contributed by atoms with E-state index in [1.807, 2.05) is 16.8 Å². The van der Waals surface area contributed by atoms with Crippen LogP contribution < -0.4 is 5.32 Å². The van der Waals surface area contributed by atoms with Crippen molar-refractivity contribution in [3.05, 3.63) is 28.9 Å². The Labute approximate surface area is 115 Å². The van der Waals surface area contributed by atoms with Crippen LogP contribution in [0.1, 0.15) is 25.5 Å². The van der Waals surface area contributed by atoms with Gasteiger partial charge in [0.1, 0.15) is 4.60 Å². The second-order valence-corrected chi connectivity index (χ2v) is 4.89. The van der Waals surface area contributed by atoms with E-state index >= 15 is 0 Å². The monoisotopic (exact) mass is 306 g/mol. The summed E-state index contributed by atoms with van der Waals surface area (Å²) in [7, 11) is 0. The van der Waals surface area contributed by atoms with Crippen LogP contribution in [0.3, 0.4) is 0 Å². The summed E-state index contributed by atoms with van der Waals surface area (Å²) in [4.78, 5) is 8.46. The van der Waals surface area contributed by atoms with Crippen molar-refractivity contribution in [2.45, 2.75) is 32.4 Å². The van der Waals surface area contributed by atoms with Crippen LogP contribution in [-0.4, -0.2) is 20.4 Å². The molecule has 0 aliphatic carbocycles. The van der Waals surface area contributed by atoms with Gasteiger partial charge in [-0.2, -0.15) is 0 Å². The van der Waals surface area contributed by atoms with Crippen molar-refractivity contribution >= 4 is 21.6 Å². The first-order valence-corrected chi connectivity index (χ1v) is 6.68. The van der Waals surface area contributed by atoms with Crippen LogP contribution in [-0.2, 0) is 6.54 Å². The first kappa shape index (κ1) is 13.1. The number of aromatic nitrogens is 3. The molecule has 0 aliphatic heterocycles. The molecule has 18 heavy (non-hydrogen) atoms. The first-order valence-electron chi connectivity index (χ1n) is 5.89. The van der Waals surface area contributed by atoms with Gasteiger partial charge in [-0.3, -0.25) is 4.40 Å². The molecule has 0 aromatic carbocycles. The molecule has 0 amide bonds. The number of nitrogens with zero attached hydrogens (tertiary/aromatic N) is 3. The van der Waals surface area contributed by atoms with Crippen LogP contribution in [0.5, 0.6) is 0 Å². The van der Waals surface area contributed by atoms with Gasteiger partial charge in [-0.05, 0) is 22.4 Å². The zero-order valence-corrected chi connectivity index (χ0v) is 11.8. The van der Waals surface area contributed by atoms with Crippen molar-refractivity contribution in [3.63, 3.8) is 0 Å². The van der Waals surface area contributed by atoms with Gasteiger partial charge in [0, 0.05) is 25.2 Å². The molecule has 0 spiro atoms. The fourth-order valence-electron chi connectivity index (χ4n) is 1.80. The van der Waals surface area contributed by atoms with Crippen LogP contribution in [0.4, 0.5) is 0 Å². The number of halogens is 1. The summed E-state index contributed by atoms with van der Waals surface area (Å²) in [6.45, 7) is 2.88. The van der Waals surface area contributed by atoms with Gasteiger partial charge < -0.3 is 5.32 Å². The molecular formula is C13H15BrN4. The SMILES string of the molecule is C#CCC(CC)NCc1cnc2cnc(Br)cn12.